The molecular weight excluding hydrogens is 478 g/mol. The van der Waals surface area contributed by atoms with E-state index in [4.69, 9.17) is 16.3 Å². The van der Waals surface area contributed by atoms with Crippen molar-refractivity contribution in [2.24, 2.45) is 0 Å². The standard InChI is InChI=1S/C24H32ClN3O5S/c1-6-33-22-12-10-21(11-13-22)28(34(5,31)32)16-23(29)27(18(4)24(30)26-17(2)3)15-19-8-7-9-20(25)14-19/h7-14,17-18H,6,15-16H2,1-5H3,(H,26,30)/t18-/m0/s1. The van der Waals surface area contributed by atoms with E-state index in [2.05, 4.69) is 5.32 Å². The molecule has 0 bridgehead atoms. The summed E-state index contributed by atoms with van der Waals surface area (Å²) in [7, 11) is -3.79. The second-order valence-corrected chi connectivity index (χ2v) is 10.5. The third-order valence-electron chi connectivity index (χ3n) is 4.96. The summed E-state index contributed by atoms with van der Waals surface area (Å²) in [6.45, 7) is 7.21. The summed E-state index contributed by atoms with van der Waals surface area (Å²) in [5.41, 5.74) is 1.04. The SMILES string of the molecule is CCOc1ccc(N(CC(=O)N(Cc2cccc(Cl)c2)[C@@H](C)C(=O)NC(C)C)S(C)(=O)=O)cc1. The fourth-order valence-corrected chi connectivity index (χ4v) is 4.37. The molecule has 0 aliphatic rings. The number of carbonyl (C=O) groups is 2. The van der Waals surface area contributed by atoms with Crippen molar-refractivity contribution in [3.8, 4) is 5.75 Å². The van der Waals surface area contributed by atoms with Crippen LogP contribution >= 0.6 is 11.6 Å². The molecule has 0 spiro atoms. The highest BCUT2D eigenvalue weighted by Crippen LogP contribution is 2.23. The van der Waals surface area contributed by atoms with Crippen molar-refractivity contribution in [1.29, 1.82) is 0 Å². The lowest BCUT2D eigenvalue weighted by Crippen LogP contribution is -2.52. The molecule has 34 heavy (non-hydrogen) atoms. The molecule has 10 heteroatoms. The minimum Gasteiger partial charge on any atom is -0.494 e. The maximum atomic E-state index is 13.4. The van der Waals surface area contributed by atoms with E-state index in [0.717, 1.165) is 16.1 Å². The molecule has 1 N–H and O–H groups in total. The molecular formula is C24H32ClN3O5S. The van der Waals surface area contributed by atoms with Crippen LogP contribution in [0.1, 0.15) is 33.3 Å². The number of nitrogens with one attached hydrogen (secondary N) is 1. The number of ether oxygens (including phenoxy) is 1. The van der Waals surface area contributed by atoms with Crippen LogP contribution in [0.15, 0.2) is 48.5 Å². The number of nitrogens with zero attached hydrogens (tertiary/aromatic N) is 2. The number of anilines is 1. The summed E-state index contributed by atoms with van der Waals surface area (Å²) in [5.74, 6) is -0.268. The number of rotatable bonds is 11. The first kappa shape index (κ1) is 27.5. The second kappa shape index (κ2) is 12.1. The average Bonchev–Trinajstić information content (AvgIpc) is 2.75. The maximum absolute atomic E-state index is 13.4. The minimum atomic E-state index is -3.79. The molecule has 0 aliphatic carbocycles. The maximum Gasteiger partial charge on any atom is 0.244 e. The summed E-state index contributed by atoms with van der Waals surface area (Å²) in [6, 6.07) is 12.4. The molecule has 186 valence electrons. The van der Waals surface area contributed by atoms with Crippen LogP contribution in [0.25, 0.3) is 0 Å². The van der Waals surface area contributed by atoms with Gasteiger partial charge in [-0.1, -0.05) is 23.7 Å². The molecule has 0 radical (unpaired) electrons. The van der Waals surface area contributed by atoms with Gasteiger partial charge in [-0.2, -0.15) is 0 Å². The van der Waals surface area contributed by atoms with Gasteiger partial charge >= 0.3 is 0 Å². The van der Waals surface area contributed by atoms with Crippen molar-refractivity contribution in [2.75, 3.05) is 23.7 Å². The van der Waals surface area contributed by atoms with Gasteiger partial charge in [0.05, 0.1) is 18.6 Å². The van der Waals surface area contributed by atoms with E-state index >= 15 is 0 Å². The van der Waals surface area contributed by atoms with Crippen LogP contribution in [0.4, 0.5) is 5.69 Å². The van der Waals surface area contributed by atoms with Crippen molar-refractivity contribution >= 4 is 39.1 Å². The minimum absolute atomic E-state index is 0.0902. The van der Waals surface area contributed by atoms with Crippen LogP contribution in [-0.2, 0) is 26.2 Å². The Bertz CT molecular complexity index is 1090. The first-order chi connectivity index (χ1) is 15.9. The third kappa shape index (κ3) is 7.92. The van der Waals surface area contributed by atoms with Gasteiger partial charge in [0.2, 0.25) is 21.8 Å². The zero-order valence-electron chi connectivity index (χ0n) is 20.1. The molecule has 0 aliphatic heterocycles. The zero-order valence-corrected chi connectivity index (χ0v) is 21.7. The molecule has 0 saturated carbocycles. The lowest BCUT2D eigenvalue weighted by Gasteiger charge is -2.32. The Kier molecular flexibility index (Phi) is 9.76. The summed E-state index contributed by atoms with van der Waals surface area (Å²) in [6.07, 6.45) is 1.03. The van der Waals surface area contributed by atoms with E-state index in [-0.39, 0.29) is 18.5 Å². The van der Waals surface area contributed by atoms with Crippen LogP contribution < -0.4 is 14.4 Å². The van der Waals surface area contributed by atoms with E-state index in [1.807, 2.05) is 20.8 Å². The number of sulfonamides is 1. The smallest absolute Gasteiger partial charge is 0.244 e. The van der Waals surface area contributed by atoms with Gasteiger partial charge in [0.15, 0.2) is 0 Å². The highest BCUT2D eigenvalue weighted by molar-refractivity contribution is 7.92. The summed E-state index contributed by atoms with van der Waals surface area (Å²) >= 11 is 6.10. The molecule has 2 rings (SSSR count). The molecule has 0 aromatic heterocycles. The summed E-state index contributed by atoms with van der Waals surface area (Å²) < 4.78 is 31.6. The van der Waals surface area contributed by atoms with Crippen molar-refractivity contribution < 1.29 is 22.7 Å². The Morgan fingerprint density at radius 2 is 1.74 bits per heavy atom. The lowest BCUT2D eigenvalue weighted by molar-refractivity contribution is -0.139. The summed E-state index contributed by atoms with van der Waals surface area (Å²) in [4.78, 5) is 27.5. The summed E-state index contributed by atoms with van der Waals surface area (Å²) in [5, 5.41) is 3.30. The van der Waals surface area contributed by atoms with Crippen LogP contribution in [0.2, 0.25) is 5.02 Å². The van der Waals surface area contributed by atoms with Crippen molar-refractivity contribution in [3.05, 3.63) is 59.1 Å². The van der Waals surface area contributed by atoms with Crippen molar-refractivity contribution in [3.63, 3.8) is 0 Å². The number of amides is 2. The number of carbonyl (C=O) groups excluding carboxylic acids is 2. The van der Waals surface area contributed by atoms with Gasteiger partial charge in [0.25, 0.3) is 0 Å². The van der Waals surface area contributed by atoms with Gasteiger partial charge in [0, 0.05) is 17.6 Å². The average molecular weight is 510 g/mol. The monoisotopic (exact) mass is 509 g/mol. The molecule has 0 fully saturated rings. The molecule has 2 aromatic carbocycles. The fraction of sp³-hybridized carbons (Fsp3) is 0.417. The second-order valence-electron chi connectivity index (χ2n) is 8.19. The van der Waals surface area contributed by atoms with E-state index < -0.39 is 28.5 Å². The Balaban J connectivity index is 2.37. The molecule has 0 heterocycles. The largest absolute Gasteiger partial charge is 0.494 e. The Hall–Kier alpha value is -2.78. The van der Waals surface area contributed by atoms with E-state index in [0.29, 0.717) is 23.1 Å². The van der Waals surface area contributed by atoms with Gasteiger partial charge in [-0.25, -0.2) is 8.42 Å². The van der Waals surface area contributed by atoms with Gasteiger partial charge in [-0.05, 0) is 69.7 Å². The fourth-order valence-electron chi connectivity index (χ4n) is 3.31. The van der Waals surface area contributed by atoms with Crippen molar-refractivity contribution in [1.82, 2.24) is 10.2 Å². The molecule has 2 amide bonds. The number of hydrogen-bond acceptors (Lipinski definition) is 5. The number of benzene rings is 2. The third-order valence-corrected chi connectivity index (χ3v) is 6.33. The molecule has 0 saturated heterocycles. The Morgan fingerprint density at radius 3 is 2.26 bits per heavy atom. The molecule has 8 nitrogen and oxygen atoms in total. The van der Waals surface area contributed by atoms with Gasteiger partial charge in [-0.15, -0.1) is 0 Å². The lowest BCUT2D eigenvalue weighted by atomic mass is 10.1. The predicted molar refractivity (Wildman–Crippen MR) is 135 cm³/mol. The Labute approximate surface area is 206 Å². The topological polar surface area (TPSA) is 96.0 Å². The van der Waals surface area contributed by atoms with Gasteiger partial charge in [-0.3, -0.25) is 13.9 Å². The van der Waals surface area contributed by atoms with E-state index in [9.17, 15) is 18.0 Å². The molecule has 1 atom stereocenters. The zero-order chi connectivity index (χ0) is 25.5. The van der Waals surface area contributed by atoms with Crippen LogP contribution in [-0.4, -0.2) is 56.6 Å². The first-order valence-electron chi connectivity index (χ1n) is 11.0. The van der Waals surface area contributed by atoms with Gasteiger partial charge in [0.1, 0.15) is 18.3 Å². The van der Waals surface area contributed by atoms with E-state index in [1.165, 1.54) is 4.90 Å². The number of halogens is 1. The highest BCUT2D eigenvalue weighted by atomic mass is 35.5. The first-order valence-corrected chi connectivity index (χ1v) is 13.2. The van der Waals surface area contributed by atoms with E-state index in [1.54, 1.807) is 55.5 Å². The van der Waals surface area contributed by atoms with Crippen molar-refractivity contribution in [2.45, 2.75) is 46.3 Å². The molecule has 0 unspecified atom stereocenters. The van der Waals surface area contributed by atoms with Crippen LogP contribution in [0.3, 0.4) is 0 Å². The predicted octanol–water partition coefficient (Wildman–Crippen LogP) is 3.45. The van der Waals surface area contributed by atoms with Crippen LogP contribution in [0.5, 0.6) is 5.75 Å². The highest BCUT2D eigenvalue weighted by Gasteiger charge is 2.30. The van der Waals surface area contributed by atoms with Crippen LogP contribution in [0, 0.1) is 0 Å². The molecule has 2 aromatic rings. The quantitative estimate of drug-likeness (QED) is 0.500. The normalized spacial score (nSPS) is 12.2. The Morgan fingerprint density at radius 1 is 1.09 bits per heavy atom. The van der Waals surface area contributed by atoms with Gasteiger partial charge < -0.3 is 15.0 Å². The number of hydrogen-bond donors (Lipinski definition) is 1.